The molecule has 0 aliphatic heterocycles. The Hall–Kier alpha value is -1.45. The monoisotopic (exact) mass is 480 g/mol. The highest BCUT2D eigenvalue weighted by atomic mass is 127. The Morgan fingerprint density at radius 3 is 2.50 bits per heavy atom. The largest absolute Gasteiger partial charge is 0.469 e. The van der Waals surface area contributed by atoms with Crippen LogP contribution in [0, 0.1) is 0 Å². The molecule has 0 radical (unpaired) electrons. The number of hydrogen-bond donors (Lipinski definition) is 2. The number of nitrogens with one attached hydrogen (secondary N) is 2. The summed E-state index contributed by atoms with van der Waals surface area (Å²) in [5, 5.41) is 6.44. The fourth-order valence-corrected chi connectivity index (χ4v) is 2.18. The van der Waals surface area contributed by atoms with Crippen LogP contribution in [-0.4, -0.2) is 55.8 Å². The Morgan fingerprint density at radius 2 is 1.96 bits per heavy atom. The number of amides is 1. The molecule has 1 heterocycles. The SMILES string of the molecule is CCCN(CCNC(=NC)NCCc1ccco1)C(=O)OC(C)(C)C.I. The summed E-state index contributed by atoms with van der Waals surface area (Å²) in [6.07, 6.45) is 3.06. The standard InChI is InChI=1S/C18H32N4O3.HI/c1-6-12-22(17(23)25-18(2,3)4)13-11-21-16(19-5)20-10-9-15-8-7-14-24-15;/h7-8,14H,6,9-13H2,1-5H3,(H2,19,20,21);1H. The van der Waals surface area contributed by atoms with Gasteiger partial charge in [-0.1, -0.05) is 6.92 Å². The van der Waals surface area contributed by atoms with Gasteiger partial charge in [-0.05, 0) is 39.3 Å². The molecule has 0 aliphatic rings. The average molecular weight is 480 g/mol. The number of aliphatic imine (C=N–C) groups is 1. The number of carbonyl (C=O) groups excluding carboxylic acids is 1. The van der Waals surface area contributed by atoms with Crippen molar-refractivity contribution < 1.29 is 13.9 Å². The molecule has 0 aliphatic carbocycles. The van der Waals surface area contributed by atoms with Crippen LogP contribution in [0.3, 0.4) is 0 Å². The molecule has 0 aromatic carbocycles. The maximum Gasteiger partial charge on any atom is 0.410 e. The Balaban J connectivity index is 0.00000625. The van der Waals surface area contributed by atoms with Gasteiger partial charge in [0.2, 0.25) is 0 Å². The van der Waals surface area contributed by atoms with Crippen LogP contribution in [0.25, 0.3) is 0 Å². The first-order valence-electron chi connectivity index (χ1n) is 8.80. The van der Waals surface area contributed by atoms with Crippen molar-refractivity contribution in [1.82, 2.24) is 15.5 Å². The van der Waals surface area contributed by atoms with Gasteiger partial charge in [0, 0.05) is 39.6 Å². The average Bonchev–Trinajstić information content (AvgIpc) is 3.04. The Bertz CT molecular complexity index is 527. The molecule has 150 valence electrons. The van der Waals surface area contributed by atoms with Crippen molar-refractivity contribution in [3.8, 4) is 0 Å². The zero-order chi connectivity index (χ0) is 18.7. The van der Waals surface area contributed by atoms with E-state index in [1.807, 2.05) is 39.8 Å². The van der Waals surface area contributed by atoms with Gasteiger partial charge in [0.1, 0.15) is 11.4 Å². The van der Waals surface area contributed by atoms with Gasteiger partial charge in [-0.3, -0.25) is 4.99 Å². The minimum atomic E-state index is -0.486. The zero-order valence-corrected chi connectivity index (χ0v) is 18.8. The van der Waals surface area contributed by atoms with Gasteiger partial charge in [-0.25, -0.2) is 4.79 Å². The Morgan fingerprint density at radius 1 is 1.27 bits per heavy atom. The second kappa shape index (κ2) is 12.8. The van der Waals surface area contributed by atoms with Crippen molar-refractivity contribution in [3.05, 3.63) is 24.2 Å². The van der Waals surface area contributed by atoms with Crippen LogP contribution < -0.4 is 10.6 Å². The fraction of sp³-hybridized carbons (Fsp3) is 0.667. The first-order chi connectivity index (χ1) is 11.9. The van der Waals surface area contributed by atoms with Crippen molar-refractivity contribution in [3.63, 3.8) is 0 Å². The molecule has 0 saturated heterocycles. The number of furan rings is 1. The summed E-state index contributed by atoms with van der Waals surface area (Å²) in [5.41, 5.74) is -0.486. The van der Waals surface area contributed by atoms with Crippen molar-refractivity contribution >= 4 is 36.0 Å². The van der Waals surface area contributed by atoms with Gasteiger partial charge in [-0.2, -0.15) is 0 Å². The van der Waals surface area contributed by atoms with E-state index in [4.69, 9.17) is 9.15 Å². The van der Waals surface area contributed by atoms with E-state index in [1.165, 1.54) is 0 Å². The molecular weight excluding hydrogens is 447 g/mol. The van der Waals surface area contributed by atoms with Crippen LogP contribution in [0.15, 0.2) is 27.8 Å². The molecule has 0 unspecified atom stereocenters. The Labute approximate surface area is 174 Å². The topological polar surface area (TPSA) is 79.1 Å². The third kappa shape index (κ3) is 10.5. The van der Waals surface area contributed by atoms with E-state index < -0.39 is 5.60 Å². The number of rotatable bonds is 8. The zero-order valence-electron chi connectivity index (χ0n) is 16.5. The summed E-state index contributed by atoms with van der Waals surface area (Å²) in [5.74, 6) is 1.63. The third-order valence-electron chi connectivity index (χ3n) is 3.29. The van der Waals surface area contributed by atoms with Gasteiger partial charge in [0.15, 0.2) is 5.96 Å². The minimum absolute atomic E-state index is 0. The van der Waals surface area contributed by atoms with E-state index >= 15 is 0 Å². The van der Waals surface area contributed by atoms with Gasteiger partial charge >= 0.3 is 6.09 Å². The lowest BCUT2D eigenvalue weighted by molar-refractivity contribution is 0.0253. The smallest absolute Gasteiger partial charge is 0.410 e. The molecule has 8 heteroatoms. The van der Waals surface area contributed by atoms with Crippen molar-refractivity contribution in [2.24, 2.45) is 4.99 Å². The highest BCUT2D eigenvalue weighted by Crippen LogP contribution is 2.10. The van der Waals surface area contributed by atoms with Crippen LogP contribution >= 0.6 is 24.0 Å². The van der Waals surface area contributed by atoms with E-state index in [-0.39, 0.29) is 30.1 Å². The fourth-order valence-electron chi connectivity index (χ4n) is 2.18. The summed E-state index contributed by atoms with van der Waals surface area (Å²) in [6, 6.07) is 3.82. The van der Waals surface area contributed by atoms with E-state index in [9.17, 15) is 4.79 Å². The molecule has 0 spiro atoms. The van der Waals surface area contributed by atoms with Gasteiger partial charge in [0.25, 0.3) is 0 Å². The molecule has 26 heavy (non-hydrogen) atoms. The molecule has 0 fully saturated rings. The molecule has 2 N–H and O–H groups in total. The number of hydrogen-bond acceptors (Lipinski definition) is 4. The second-order valence-electron chi connectivity index (χ2n) is 6.72. The summed E-state index contributed by atoms with van der Waals surface area (Å²) in [7, 11) is 1.72. The highest BCUT2D eigenvalue weighted by Gasteiger charge is 2.21. The lowest BCUT2D eigenvalue weighted by Gasteiger charge is -2.27. The van der Waals surface area contributed by atoms with Crippen molar-refractivity contribution in [2.45, 2.75) is 46.1 Å². The lowest BCUT2D eigenvalue weighted by Crippen LogP contribution is -2.45. The predicted molar refractivity (Wildman–Crippen MR) is 115 cm³/mol. The van der Waals surface area contributed by atoms with Crippen molar-refractivity contribution in [1.29, 1.82) is 0 Å². The number of ether oxygens (including phenoxy) is 1. The molecule has 1 aromatic heterocycles. The molecule has 1 amide bonds. The molecule has 0 saturated carbocycles. The molecule has 0 bridgehead atoms. The van der Waals surface area contributed by atoms with Gasteiger partial charge < -0.3 is 24.7 Å². The summed E-state index contributed by atoms with van der Waals surface area (Å²) >= 11 is 0. The quantitative estimate of drug-likeness (QED) is 0.339. The normalized spacial score (nSPS) is 11.5. The summed E-state index contributed by atoms with van der Waals surface area (Å²) in [4.78, 5) is 18.1. The van der Waals surface area contributed by atoms with E-state index in [0.717, 1.165) is 25.1 Å². The number of halogens is 1. The van der Waals surface area contributed by atoms with Crippen LogP contribution in [-0.2, 0) is 11.2 Å². The van der Waals surface area contributed by atoms with Crippen LogP contribution in [0.2, 0.25) is 0 Å². The highest BCUT2D eigenvalue weighted by molar-refractivity contribution is 14.0. The molecule has 1 aromatic rings. The lowest BCUT2D eigenvalue weighted by atomic mass is 10.2. The van der Waals surface area contributed by atoms with Crippen LogP contribution in [0.1, 0.15) is 39.9 Å². The predicted octanol–water partition coefficient (Wildman–Crippen LogP) is 3.25. The van der Waals surface area contributed by atoms with Gasteiger partial charge in [0.05, 0.1) is 6.26 Å². The van der Waals surface area contributed by atoms with E-state index in [1.54, 1.807) is 18.2 Å². The molecule has 1 rings (SSSR count). The van der Waals surface area contributed by atoms with Crippen LogP contribution in [0.5, 0.6) is 0 Å². The summed E-state index contributed by atoms with van der Waals surface area (Å²) < 4.78 is 10.7. The second-order valence-corrected chi connectivity index (χ2v) is 6.72. The van der Waals surface area contributed by atoms with Crippen molar-refractivity contribution in [2.75, 3.05) is 33.2 Å². The summed E-state index contributed by atoms with van der Waals surface area (Å²) in [6.45, 7) is 10.2. The maximum atomic E-state index is 12.2. The Kier molecular flexibility index (Phi) is 12.1. The number of nitrogens with zero attached hydrogens (tertiary/aromatic N) is 2. The first-order valence-corrected chi connectivity index (χ1v) is 8.80. The maximum absolute atomic E-state index is 12.2. The number of carbonyl (C=O) groups is 1. The number of guanidine groups is 1. The minimum Gasteiger partial charge on any atom is -0.469 e. The molecule has 7 nitrogen and oxygen atoms in total. The molecule has 0 atom stereocenters. The first kappa shape index (κ1) is 24.6. The van der Waals surface area contributed by atoms with E-state index in [2.05, 4.69) is 15.6 Å². The third-order valence-corrected chi connectivity index (χ3v) is 3.29. The molecular formula is C18H33IN4O3. The van der Waals surface area contributed by atoms with Crippen LogP contribution in [0.4, 0.5) is 4.79 Å². The van der Waals surface area contributed by atoms with Gasteiger partial charge in [-0.15, -0.1) is 24.0 Å². The van der Waals surface area contributed by atoms with E-state index in [0.29, 0.717) is 25.6 Å².